The third-order valence-corrected chi connectivity index (χ3v) is 5.89. The summed E-state index contributed by atoms with van der Waals surface area (Å²) in [4.78, 5) is 34.6. The molecule has 1 atom stereocenters. The zero-order valence-electron chi connectivity index (χ0n) is 15.3. The van der Waals surface area contributed by atoms with Crippen LogP contribution in [0.2, 0.25) is 0 Å². The zero-order valence-corrected chi connectivity index (χ0v) is 16.2. The van der Waals surface area contributed by atoms with Crippen LogP contribution >= 0.6 is 11.3 Å². The number of esters is 1. The van der Waals surface area contributed by atoms with Crippen molar-refractivity contribution in [3.05, 3.63) is 64.8 Å². The molecule has 0 radical (unpaired) electrons. The maximum absolute atomic E-state index is 12.7. The Labute approximate surface area is 166 Å². The van der Waals surface area contributed by atoms with E-state index in [2.05, 4.69) is 10.3 Å². The van der Waals surface area contributed by atoms with Gasteiger partial charge in [0.15, 0.2) is 0 Å². The number of aromatic nitrogens is 2. The van der Waals surface area contributed by atoms with Crippen LogP contribution in [-0.2, 0) is 22.4 Å². The fraction of sp³-hybridized carbons (Fsp3) is 0.238. The van der Waals surface area contributed by atoms with Crippen molar-refractivity contribution < 1.29 is 14.3 Å². The monoisotopic (exact) mass is 393 g/mol. The number of amides is 1. The molecule has 7 heteroatoms. The Morgan fingerprint density at radius 3 is 2.89 bits per heavy atom. The highest BCUT2D eigenvalue weighted by Gasteiger charge is 2.28. The second kappa shape index (κ2) is 7.90. The van der Waals surface area contributed by atoms with E-state index >= 15 is 0 Å². The summed E-state index contributed by atoms with van der Waals surface area (Å²) >= 11 is 1.61. The number of anilines is 1. The van der Waals surface area contributed by atoms with Gasteiger partial charge in [-0.2, -0.15) is 0 Å². The Kier molecular flexibility index (Phi) is 5.16. The van der Waals surface area contributed by atoms with Crippen molar-refractivity contribution in [2.75, 3.05) is 12.4 Å². The van der Waals surface area contributed by atoms with Gasteiger partial charge in [-0.15, -0.1) is 11.3 Å². The Bertz CT molecular complexity index is 1020. The molecule has 1 unspecified atom stereocenters. The first-order chi connectivity index (χ1) is 13.6. The number of carbonyl (C=O) groups excluding carboxylic acids is 2. The molecule has 1 aromatic carbocycles. The molecular formula is C21H19N3O3S. The van der Waals surface area contributed by atoms with Gasteiger partial charge in [-0.25, -0.2) is 9.78 Å². The van der Waals surface area contributed by atoms with Crippen LogP contribution in [0.1, 0.15) is 27.3 Å². The van der Waals surface area contributed by atoms with E-state index in [0.29, 0.717) is 17.7 Å². The van der Waals surface area contributed by atoms with Gasteiger partial charge >= 0.3 is 5.97 Å². The number of aryl methyl sites for hydroxylation is 1. The maximum atomic E-state index is 12.7. The molecule has 1 aliphatic rings. The smallest absolute Gasteiger partial charge is 0.337 e. The van der Waals surface area contributed by atoms with Crippen LogP contribution in [0.15, 0.2) is 48.7 Å². The van der Waals surface area contributed by atoms with Crippen LogP contribution in [0, 0.1) is 5.92 Å². The molecule has 142 valence electrons. The number of methoxy groups -OCH3 is 1. The van der Waals surface area contributed by atoms with E-state index in [0.717, 1.165) is 34.1 Å². The molecule has 0 saturated heterocycles. The van der Waals surface area contributed by atoms with E-state index in [1.165, 1.54) is 7.11 Å². The molecule has 0 spiro atoms. The van der Waals surface area contributed by atoms with Crippen molar-refractivity contribution in [1.82, 2.24) is 9.97 Å². The molecule has 0 fully saturated rings. The van der Waals surface area contributed by atoms with E-state index in [4.69, 9.17) is 9.72 Å². The number of ether oxygens (including phenoxy) is 1. The summed E-state index contributed by atoms with van der Waals surface area (Å²) in [5.74, 6) is -0.586. The minimum atomic E-state index is -0.426. The molecule has 2 aromatic heterocycles. The summed E-state index contributed by atoms with van der Waals surface area (Å²) in [5.41, 5.74) is 2.94. The summed E-state index contributed by atoms with van der Waals surface area (Å²) in [6, 6.07) is 12.6. The second-order valence-corrected chi connectivity index (χ2v) is 7.69. The fourth-order valence-corrected chi connectivity index (χ4v) is 4.45. The third-order valence-electron chi connectivity index (χ3n) is 4.75. The Morgan fingerprint density at radius 1 is 1.21 bits per heavy atom. The van der Waals surface area contributed by atoms with Crippen LogP contribution < -0.4 is 5.32 Å². The van der Waals surface area contributed by atoms with Gasteiger partial charge in [-0.1, -0.05) is 12.1 Å². The quantitative estimate of drug-likeness (QED) is 0.683. The van der Waals surface area contributed by atoms with E-state index in [1.54, 1.807) is 41.8 Å². The first-order valence-electron chi connectivity index (χ1n) is 9.03. The van der Waals surface area contributed by atoms with E-state index in [-0.39, 0.29) is 11.8 Å². The van der Waals surface area contributed by atoms with E-state index in [1.807, 2.05) is 18.2 Å². The molecular weight excluding hydrogens is 374 g/mol. The number of nitrogens with one attached hydrogen (secondary N) is 1. The number of fused-ring (bicyclic) bond motifs is 1. The van der Waals surface area contributed by atoms with Gasteiger partial charge in [-0.3, -0.25) is 9.78 Å². The Morgan fingerprint density at radius 2 is 2.11 bits per heavy atom. The number of pyridine rings is 1. The highest BCUT2D eigenvalue weighted by Crippen LogP contribution is 2.34. The highest BCUT2D eigenvalue weighted by atomic mass is 32.1. The molecule has 0 aliphatic heterocycles. The molecule has 0 bridgehead atoms. The first kappa shape index (κ1) is 18.3. The lowest BCUT2D eigenvalue weighted by molar-refractivity contribution is -0.120. The molecule has 28 heavy (non-hydrogen) atoms. The summed E-state index contributed by atoms with van der Waals surface area (Å²) in [7, 11) is 1.33. The lowest BCUT2D eigenvalue weighted by Crippen LogP contribution is -2.27. The minimum Gasteiger partial charge on any atom is -0.465 e. The number of carbonyl (C=O) groups is 2. The Hall–Kier alpha value is -3.06. The number of thiazole rings is 1. The van der Waals surface area contributed by atoms with E-state index in [9.17, 15) is 9.59 Å². The van der Waals surface area contributed by atoms with Crippen LogP contribution in [0.5, 0.6) is 0 Å². The highest BCUT2D eigenvalue weighted by molar-refractivity contribution is 7.15. The lowest BCUT2D eigenvalue weighted by Gasteiger charge is -2.20. The SMILES string of the molecule is COC(=O)c1cccc(NC(=O)C2CCc3nc(-c4ccccn4)sc3C2)c1. The fourth-order valence-electron chi connectivity index (χ4n) is 3.28. The molecule has 1 N–H and O–H groups in total. The molecule has 1 aliphatic carbocycles. The molecule has 2 heterocycles. The average Bonchev–Trinajstić information content (AvgIpc) is 3.17. The van der Waals surface area contributed by atoms with Crippen LogP contribution in [0.25, 0.3) is 10.7 Å². The van der Waals surface area contributed by atoms with Crippen LogP contribution in [0.3, 0.4) is 0 Å². The molecule has 4 rings (SSSR count). The molecule has 0 saturated carbocycles. The third kappa shape index (κ3) is 3.80. The molecule has 1 amide bonds. The van der Waals surface area contributed by atoms with Gasteiger partial charge in [0.05, 0.1) is 24.1 Å². The lowest BCUT2D eigenvalue weighted by atomic mass is 9.90. The molecule has 3 aromatic rings. The van der Waals surface area contributed by atoms with Crippen molar-refractivity contribution in [2.24, 2.45) is 5.92 Å². The van der Waals surface area contributed by atoms with Gasteiger partial charge in [-0.05, 0) is 49.6 Å². The topological polar surface area (TPSA) is 81.2 Å². The van der Waals surface area contributed by atoms with Gasteiger partial charge < -0.3 is 10.1 Å². The summed E-state index contributed by atoms with van der Waals surface area (Å²) in [5, 5.41) is 3.83. The van der Waals surface area contributed by atoms with E-state index < -0.39 is 5.97 Å². The van der Waals surface area contributed by atoms with Crippen molar-refractivity contribution in [2.45, 2.75) is 19.3 Å². The zero-order chi connectivity index (χ0) is 19.5. The number of nitrogens with zero attached hydrogens (tertiary/aromatic N) is 2. The predicted molar refractivity (Wildman–Crippen MR) is 107 cm³/mol. The summed E-state index contributed by atoms with van der Waals surface area (Å²) in [6.45, 7) is 0. The average molecular weight is 393 g/mol. The minimum absolute atomic E-state index is 0.0412. The van der Waals surface area contributed by atoms with Gasteiger partial charge in [0, 0.05) is 22.7 Å². The van der Waals surface area contributed by atoms with Crippen LogP contribution in [-0.4, -0.2) is 29.0 Å². The second-order valence-electron chi connectivity index (χ2n) is 6.61. The van der Waals surface area contributed by atoms with Crippen molar-refractivity contribution in [3.63, 3.8) is 0 Å². The summed E-state index contributed by atoms with van der Waals surface area (Å²) < 4.78 is 4.73. The number of benzene rings is 1. The number of hydrogen-bond acceptors (Lipinski definition) is 6. The van der Waals surface area contributed by atoms with Gasteiger partial charge in [0.2, 0.25) is 5.91 Å². The predicted octanol–water partition coefficient (Wildman–Crippen LogP) is 3.74. The number of hydrogen-bond donors (Lipinski definition) is 1. The van der Waals surface area contributed by atoms with Gasteiger partial charge in [0.1, 0.15) is 5.01 Å². The normalized spacial score (nSPS) is 15.5. The Balaban J connectivity index is 1.46. The largest absolute Gasteiger partial charge is 0.465 e. The maximum Gasteiger partial charge on any atom is 0.337 e. The number of rotatable bonds is 4. The first-order valence-corrected chi connectivity index (χ1v) is 9.85. The van der Waals surface area contributed by atoms with Crippen LogP contribution in [0.4, 0.5) is 5.69 Å². The summed E-state index contributed by atoms with van der Waals surface area (Å²) in [6.07, 6.45) is 3.96. The van der Waals surface area contributed by atoms with Crippen molar-refractivity contribution in [3.8, 4) is 10.7 Å². The standard InChI is InChI=1S/C21H19N3O3S/c1-27-21(26)14-5-4-6-15(11-14)23-19(25)13-8-9-16-18(12-13)28-20(24-16)17-7-2-3-10-22-17/h2-7,10-11,13H,8-9,12H2,1H3,(H,23,25). The molecule has 6 nitrogen and oxygen atoms in total. The van der Waals surface area contributed by atoms with Crippen molar-refractivity contribution in [1.29, 1.82) is 0 Å². The van der Waals surface area contributed by atoms with Crippen molar-refractivity contribution >= 4 is 28.9 Å². The van der Waals surface area contributed by atoms with Gasteiger partial charge in [0.25, 0.3) is 0 Å².